The van der Waals surface area contributed by atoms with Crippen molar-refractivity contribution in [1.82, 2.24) is 0 Å². The van der Waals surface area contributed by atoms with Gasteiger partial charge < -0.3 is 20.5 Å². The van der Waals surface area contributed by atoms with Gasteiger partial charge >= 0.3 is 0 Å². The smallest absolute Gasteiger partial charge is 0.296 e. The van der Waals surface area contributed by atoms with E-state index in [1.165, 1.54) is 18.2 Å². The van der Waals surface area contributed by atoms with Gasteiger partial charge in [-0.3, -0.25) is 14.9 Å². The summed E-state index contributed by atoms with van der Waals surface area (Å²) in [6.07, 6.45) is 0. The molecule has 1 heterocycles. The molecule has 0 radical (unpaired) electrons. The van der Waals surface area contributed by atoms with Gasteiger partial charge in [-0.1, -0.05) is 15.9 Å². The Balaban J connectivity index is 1.98. The van der Waals surface area contributed by atoms with E-state index in [0.29, 0.717) is 23.4 Å². The van der Waals surface area contributed by atoms with E-state index >= 15 is 0 Å². The number of amides is 1. The maximum atomic E-state index is 12.4. The van der Waals surface area contributed by atoms with Crippen molar-refractivity contribution in [3.05, 3.63) is 50.5 Å². The third-order valence-corrected chi connectivity index (χ3v) is 3.86. The number of nitrogens with two attached hydrogens (primary N) is 1. The Morgan fingerprint density at radius 3 is 2.54 bits per heavy atom. The molecular formula is C15H12BrN3O5. The van der Waals surface area contributed by atoms with Gasteiger partial charge in [-0.15, -0.1) is 0 Å². The number of ether oxygens (including phenoxy) is 2. The van der Waals surface area contributed by atoms with Crippen molar-refractivity contribution in [2.45, 2.75) is 0 Å². The maximum absolute atomic E-state index is 12.4. The SMILES string of the molecule is Nc1ccc(Br)cc1C(=O)Nc1cc2c(cc1[N+](=O)[O-])OCCO2. The number of rotatable bonds is 3. The number of halogens is 1. The molecule has 24 heavy (non-hydrogen) atoms. The third kappa shape index (κ3) is 3.11. The van der Waals surface area contributed by atoms with E-state index in [1.54, 1.807) is 12.1 Å². The minimum Gasteiger partial charge on any atom is -0.486 e. The van der Waals surface area contributed by atoms with E-state index in [4.69, 9.17) is 15.2 Å². The van der Waals surface area contributed by atoms with Crippen LogP contribution >= 0.6 is 15.9 Å². The van der Waals surface area contributed by atoms with Crippen molar-refractivity contribution in [3.8, 4) is 11.5 Å². The first-order valence-corrected chi connectivity index (χ1v) is 7.69. The minimum absolute atomic E-state index is 0.00799. The van der Waals surface area contributed by atoms with Crippen LogP contribution in [0.15, 0.2) is 34.8 Å². The fourth-order valence-corrected chi connectivity index (χ4v) is 2.61. The molecule has 0 aromatic heterocycles. The molecule has 0 aliphatic carbocycles. The molecule has 9 heteroatoms. The predicted octanol–water partition coefficient (Wildman–Crippen LogP) is 2.96. The van der Waals surface area contributed by atoms with Crippen LogP contribution in [0.25, 0.3) is 0 Å². The molecule has 0 spiro atoms. The molecule has 0 unspecified atom stereocenters. The second kappa shape index (κ2) is 6.36. The summed E-state index contributed by atoms with van der Waals surface area (Å²) in [6.45, 7) is 0.640. The quantitative estimate of drug-likeness (QED) is 0.470. The molecule has 0 atom stereocenters. The van der Waals surface area contributed by atoms with E-state index in [0.717, 1.165) is 0 Å². The molecule has 0 saturated heterocycles. The normalized spacial score (nSPS) is 12.5. The molecule has 0 saturated carbocycles. The van der Waals surface area contributed by atoms with E-state index in [2.05, 4.69) is 21.2 Å². The van der Waals surface area contributed by atoms with E-state index in [1.807, 2.05) is 0 Å². The topological polar surface area (TPSA) is 117 Å². The van der Waals surface area contributed by atoms with Gasteiger partial charge in [0.25, 0.3) is 11.6 Å². The zero-order valence-corrected chi connectivity index (χ0v) is 13.8. The van der Waals surface area contributed by atoms with Crippen LogP contribution in [0.5, 0.6) is 11.5 Å². The number of benzene rings is 2. The molecular weight excluding hydrogens is 382 g/mol. The lowest BCUT2D eigenvalue weighted by Gasteiger charge is -2.19. The number of carbonyl (C=O) groups excluding carboxylic acids is 1. The van der Waals surface area contributed by atoms with Crippen LogP contribution in [0.4, 0.5) is 17.1 Å². The average molecular weight is 394 g/mol. The Hall–Kier alpha value is -2.81. The summed E-state index contributed by atoms with van der Waals surface area (Å²) < 4.78 is 11.4. The number of nitrogens with zero attached hydrogens (tertiary/aromatic N) is 1. The standard InChI is InChI=1S/C15H12BrN3O5/c16-8-1-2-10(17)9(5-8)15(20)18-11-6-13-14(24-4-3-23-13)7-12(11)19(21)22/h1-2,5-7H,3-4,17H2,(H,18,20). The van der Waals surface area contributed by atoms with Crippen molar-refractivity contribution in [1.29, 1.82) is 0 Å². The fraction of sp³-hybridized carbons (Fsp3) is 0.133. The minimum atomic E-state index is -0.599. The number of nitrogens with one attached hydrogen (secondary N) is 1. The summed E-state index contributed by atoms with van der Waals surface area (Å²) in [5.74, 6) is 0.0471. The van der Waals surface area contributed by atoms with E-state index < -0.39 is 10.8 Å². The number of carbonyl (C=O) groups is 1. The van der Waals surface area contributed by atoms with Gasteiger partial charge in [-0.2, -0.15) is 0 Å². The van der Waals surface area contributed by atoms with Crippen molar-refractivity contribution in [2.24, 2.45) is 0 Å². The fourth-order valence-electron chi connectivity index (χ4n) is 2.24. The zero-order valence-electron chi connectivity index (χ0n) is 12.2. The van der Waals surface area contributed by atoms with Gasteiger partial charge in [0.2, 0.25) is 0 Å². The monoisotopic (exact) mass is 393 g/mol. The summed E-state index contributed by atoms with van der Waals surface area (Å²) >= 11 is 3.26. The van der Waals surface area contributed by atoms with Crippen LogP contribution in [0, 0.1) is 10.1 Å². The lowest BCUT2D eigenvalue weighted by Crippen LogP contribution is -2.18. The first kappa shape index (κ1) is 16.1. The van der Waals surface area contributed by atoms with Crippen LogP contribution < -0.4 is 20.5 Å². The van der Waals surface area contributed by atoms with Crippen molar-refractivity contribution >= 4 is 38.9 Å². The Morgan fingerprint density at radius 1 is 1.21 bits per heavy atom. The number of nitrogen functional groups attached to an aromatic ring is 1. The molecule has 2 aromatic rings. The van der Waals surface area contributed by atoms with Crippen LogP contribution in [-0.2, 0) is 0 Å². The second-order valence-electron chi connectivity index (χ2n) is 4.96. The summed E-state index contributed by atoms with van der Waals surface area (Å²) in [6, 6.07) is 7.40. The second-order valence-corrected chi connectivity index (χ2v) is 5.87. The Morgan fingerprint density at radius 2 is 1.88 bits per heavy atom. The maximum Gasteiger partial charge on any atom is 0.296 e. The lowest BCUT2D eigenvalue weighted by atomic mass is 10.1. The van der Waals surface area contributed by atoms with Gasteiger partial charge in [-0.25, -0.2) is 0 Å². The Labute approximate surface area is 144 Å². The van der Waals surface area contributed by atoms with Crippen LogP contribution in [0.1, 0.15) is 10.4 Å². The largest absolute Gasteiger partial charge is 0.486 e. The summed E-state index contributed by atoms with van der Waals surface area (Å²) in [5.41, 5.74) is 5.97. The predicted molar refractivity (Wildman–Crippen MR) is 90.6 cm³/mol. The molecule has 0 fully saturated rings. The molecule has 8 nitrogen and oxygen atoms in total. The Bertz CT molecular complexity index is 840. The van der Waals surface area contributed by atoms with Crippen LogP contribution in [0.3, 0.4) is 0 Å². The van der Waals surface area contributed by atoms with E-state index in [-0.39, 0.29) is 28.4 Å². The van der Waals surface area contributed by atoms with Gasteiger partial charge in [0, 0.05) is 16.2 Å². The first-order valence-electron chi connectivity index (χ1n) is 6.90. The molecule has 2 aromatic carbocycles. The number of nitro groups is 1. The highest BCUT2D eigenvalue weighted by atomic mass is 79.9. The number of hydrogen-bond acceptors (Lipinski definition) is 6. The summed E-state index contributed by atoms with van der Waals surface area (Å²) in [7, 11) is 0. The Kier molecular flexibility index (Phi) is 4.26. The van der Waals surface area contributed by atoms with Crippen molar-refractivity contribution in [3.63, 3.8) is 0 Å². The molecule has 124 valence electrons. The van der Waals surface area contributed by atoms with Crippen LogP contribution in [0.2, 0.25) is 0 Å². The van der Waals surface area contributed by atoms with Crippen molar-refractivity contribution in [2.75, 3.05) is 24.3 Å². The highest BCUT2D eigenvalue weighted by Crippen LogP contribution is 2.39. The lowest BCUT2D eigenvalue weighted by molar-refractivity contribution is -0.384. The van der Waals surface area contributed by atoms with Gasteiger partial charge in [-0.05, 0) is 18.2 Å². The highest BCUT2D eigenvalue weighted by Gasteiger charge is 2.24. The van der Waals surface area contributed by atoms with Gasteiger partial charge in [0.05, 0.1) is 16.6 Å². The molecule has 3 N–H and O–H groups in total. The summed E-state index contributed by atoms with van der Waals surface area (Å²) in [5, 5.41) is 13.8. The molecule has 1 aliphatic heterocycles. The van der Waals surface area contributed by atoms with Gasteiger partial charge in [0.1, 0.15) is 18.9 Å². The summed E-state index contributed by atoms with van der Waals surface area (Å²) in [4.78, 5) is 23.1. The number of anilines is 2. The van der Waals surface area contributed by atoms with Crippen LogP contribution in [-0.4, -0.2) is 24.0 Å². The van der Waals surface area contributed by atoms with Crippen molar-refractivity contribution < 1.29 is 19.2 Å². The van der Waals surface area contributed by atoms with E-state index in [9.17, 15) is 14.9 Å². The number of fused-ring (bicyclic) bond motifs is 1. The first-order chi connectivity index (χ1) is 11.5. The molecule has 1 aliphatic rings. The number of nitro benzene ring substituents is 1. The molecule has 0 bridgehead atoms. The average Bonchev–Trinajstić information content (AvgIpc) is 2.56. The number of hydrogen-bond donors (Lipinski definition) is 2. The highest BCUT2D eigenvalue weighted by molar-refractivity contribution is 9.10. The molecule has 1 amide bonds. The zero-order chi connectivity index (χ0) is 17.3. The molecule has 3 rings (SSSR count). The third-order valence-electron chi connectivity index (χ3n) is 3.37. The van der Waals surface area contributed by atoms with Gasteiger partial charge in [0.15, 0.2) is 11.5 Å².